The second-order valence-corrected chi connectivity index (χ2v) is 12.7. The van der Waals surface area contributed by atoms with Crippen molar-refractivity contribution in [2.24, 2.45) is 0 Å². The maximum Gasteiger partial charge on any atom is 0.344 e. The maximum absolute atomic E-state index is 12.0. The summed E-state index contributed by atoms with van der Waals surface area (Å²) in [5, 5.41) is 0. The first-order valence-corrected chi connectivity index (χ1v) is 13.8. The van der Waals surface area contributed by atoms with Crippen LogP contribution in [0.4, 0.5) is 0 Å². The molecule has 0 saturated carbocycles. The third kappa shape index (κ3) is 9.87. The molecule has 0 radical (unpaired) electrons. The quantitative estimate of drug-likeness (QED) is 0.217. The molecular weight excluding hydrogens is 516 g/mol. The molecule has 3 aromatic rings. The molecular formula is C31H37O7S+. The van der Waals surface area contributed by atoms with Crippen LogP contribution in [-0.2, 0) is 30.0 Å². The van der Waals surface area contributed by atoms with E-state index in [-0.39, 0.29) is 13.2 Å². The molecule has 0 aromatic heterocycles. The van der Waals surface area contributed by atoms with Crippen LogP contribution in [0.5, 0.6) is 17.2 Å². The average Bonchev–Trinajstić information content (AvgIpc) is 2.86. The lowest BCUT2D eigenvalue weighted by molar-refractivity contribution is -0.158. The second-order valence-electron chi connectivity index (χ2n) is 10.7. The highest BCUT2D eigenvalue weighted by molar-refractivity contribution is 7.97. The van der Waals surface area contributed by atoms with Gasteiger partial charge in [-0.2, -0.15) is 0 Å². The van der Waals surface area contributed by atoms with Crippen molar-refractivity contribution in [3.63, 3.8) is 0 Å². The van der Waals surface area contributed by atoms with Gasteiger partial charge in [-0.1, -0.05) is 6.07 Å². The van der Waals surface area contributed by atoms with E-state index >= 15 is 0 Å². The summed E-state index contributed by atoms with van der Waals surface area (Å²) >= 11 is 0. The summed E-state index contributed by atoms with van der Waals surface area (Å²) in [6.45, 7) is 10.6. The van der Waals surface area contributed by atoms with Crippen molar-refractivity contribution in [3.05, 3.63) is 72.8 Å². The van der Waals surface area contributed by atoms with Gasteiger partial charge >= 0.3 is 11.9 Å². The van der Waals surface area contributed by atoms with Crippen molar-refractivity contribution in [1.29, 1.82) is 0 Å². The molecule has 0 heterocycles. The highest BCUT2D eigenvalue weighted by atomic mass is 32.2. The number of methoxy groups -OCH3 is 1. The molecule has 8 heteroatoms. The first-order valence-electron chi connectivity index (χ1n) is 12.6. The van der Waals surface area contributed by atoms with Gasteiger partial charge in [0, 0.05) is 6.07 Å². The number of esters is 2. The molecule has 0 bridgehead atoms. The molecule has 0 fully saturated rings. The smallest absolute Gasteiger partial charge is 0.344 e. The van der Waals surface area contributed by atoms with Crippen LogP contribution in [0, 0.1) is 0 Å². The average molecular weight is 554 g/mol. The summed E-state index contributed by atoms with van der Waals surface area (Å²) in [4.78, 5) is 27.2. The highest BCUT2D eigenvalue weighted by Gasteiger charge is 2.29. The summed E-state index contributed by atoms with van der Waals surface area (Å²) in [6.07, 6.45) is 0. The monoisotopic (exact) mass is 553 g/mol. The number of hydrogen-bond donors (Lipinski definition) is 0. The Balaban J connectivity index is 1.79. The highest BCUT2D eigenvalue weighted by Crippen LogP contribution is 2.34. The molecule has 7 nitrogen and oxygen atoms in total. The Labute approximate surface area is 233 Å². The van der Waals surface area contributed by atoms with Gasteiger partial charge in [0.15, 0.2) is 27.9 Å². The first-order chi connectivity index (χ1) is 18.3. The minimum absolute atomic E-state index is 0.164. The van der Waals surface area contributed by atoms with Crippen LogP contribution >= 0.6 is 0 Å². The van der Waals surface area contributed by atoms with Crippen LogP contribution in [0.3, 0.4) is 0 Å². The zero-order valence-electron chi connectivity index (χ0n) is 23.6. The predicted octanol–water partition coefficient (Wildman–Crippen LogP) is 6.23. The zero-order chi connectivity index (χ0) is 28.6. The molecule has 0 spiro atoms. The van der Waals surface area contributed by atoms with E-state index in [1.807, 2.05) is 108 Å². The van der Waals surface area contributed by atoms with Crippen LogP contribution in [0.15, 0.2) is 87.5 Å². The Morgan fingerprint density at radius 2 is 1.05 bits per heavy atom. The van der Waals surface area contributed by atoms with Crippen LogP contribution in [0.25, 0.3) is 0 Å². The molecule has 3 aromatic carbocycles. The van der Waals surface area contributed by atoms with Crippen LogP contribution in [-0.4, -0.2) is 43.5 Å². The topological polar surface area (TPSA) is 80.3 Å². The largest absolute Gasteiger partial charge is 0.497 e. The lowest BCUT2D eigenvalue weighted by Crippen LogP contribution is -2.27. The molecule has 0 saturated heterocycles. The fourth-order valence-electron chi connectivity index (χ4n) is 3.51. The van der Waals surface area contributed by atoms with Crippen LogP contribution in [0.1, 0.15) is 41.5 Å². The fourth-order valence-corrected chi connectivity index (χ4v) is 5.59. The normalized spacial score (nSPS) is 11.6. The lowest BCUT2D eigenvalue weighted by atomic mass is 10.2. The van der Waals surface area contributed by atoms with Crippen molar-refractivity contribution in [2.75, 3.05) is 20.3 Å². The van der Waals surface area contributed by atoms with E-state index in [4.69, 9.17) is 23.7 Å². The SMILES string of the molecule is COc1cccc([S+](c2ccc(OCC(=O)OC(C)(C)C)cc2)c2ccc(OCC(=O)OC(C)(C)C)cc2)c1. The van der Waals surface area contributed by atoms with Crippen molar-refractivity contribution in [1.82, 2.24) is 0 Å². The molecule has 0 aliphatic rings. The Kier molecular flexibility index (Phi) is 9.92. The van der Waals surface area contributed by atoms with Crippen molar-refractivity contribution in [3.8, 4) is 17.2 Å². The van der Waals surface area contributed by atoms with Gasteiger partial charge in [-0.05, 0) is 102 Å². The Morgan fingerprint density at radius 1 is 0.615 bits per heavy atom. The van der Waals surface area contributed by atoms with E-state index in [2.05, 4.69) is 6.07 Å². The van der Waals surface area contributed by atoms with Crippen molar-refractivity contribution in [2.45, 2.75) is 67.4 Å². The summed E-state index contributed by atoms with van der Waals surface area (Å²) in [6, 6.07) is 23.3. The molecule has 0 aliphatic heterocycles. The van der Waals surface area contributed by atoms with E-state index in [1.54, 1.807) is 7.11 Å². The molecule has 0 atom stereocenters. The number of ether oxygens (including phenoxy) is 5. The molecule has 0 N–H and O–H groups in total. The third-order valence-electron chi connectivity index (χ3n) is 4.95. The van der Waals surface area contributed by atoms with Gasteiger partial charge < -0.3 is 23.7 Å². The standard InChI is InChI=1S/C31H37O7S/c1-30(2,3)37-28(32)20-35-22-11-15-25(16-12-22)39(27-10-8-9-24(19-27)34-7)26-17-13-23(14-18-26)36-21-29(33)38-31(4,5)6/h8-19H,20-21H2,1-7H3/q+1. The number of benzene rings is 3. The van der Waals surface area contributed by atoms with E-state index in [0.29, 0.717) is 11.5 Å². The number of rotatable bonds is 10. The first kappa shape index (κ1) is 29.9. The predicted molar refractivity (Wildman–Crippen MR) is 151 cm³/mol. The zero-order valence-corrected chi connectivity index (χ0v) is 24.4. The van der Waals surface area contributed by atoms with Gasteiger partial charge in [-0.3, -0.25) is 0 Å². The summed E-state index contributed by atoms with van der Waals surface area (Å²) in [5.74, 6) is 1.07. The molecule has 3 rings (SSSR count). The van der Waals surface area contributed by atoms with Gasteiger partial charge in [0.1, 0.15) is 28.5 Å². The van der Waals surface area contributed by atoms with E-state index < -0.39 is 34.0 Å². The van der Waals surface area contributed by atoms with E-state index in [9.17, 15) is 9.59 Å². The van der Waals surface area contributed by atoms with Crippen LogP contribution < -0.4 is 14.2 Å². The molecule has 208 valence electrons. The van der Waals surface area contributed by atoms with Gasteiger partial charge in [-0.25, -0.2) is 9.59 Å². The van der Waals surface area contributed by atoms with Gasteiger partial charge in [0.05, 0.1) is 18.0 Å². The molecule has 0 unspecified atom stereocenters. The van der Waals surface area contributed by atoms with Crippen molar-refractivity contribution >= 4 is 22.8 Å². The molecule has 39 heavy (non-hydrogen) atoms. The second kappa shape index (κ2) is 12.9. The van der Waals surface area contributed by atoms with Gasteiger partial charge in [0.25, 0.3) is 0 Å². The van der Waals surface area contributed by atoms with E-state index in [0.717, 1.165) is 20.4 Å². The summed E-state index contributed by atoms with van der Waals surface area (Å²) in [7, 11) is 1.17. The minimum atomic E-state index is -0.564. The van der Waals surface area contributed by atoms with Crippen LogP contribution in [0.2, 0.25) is 0 Å². The Morgan fingerprint density at radius 3 is 1.44 bits per heavy atom. The Bertz CT molecular complexity index is 1160. The molecule has 0 aliphatic carbocycles. The number of carbonyl (C=O) groups is 2. The van der Waals surface area contributed by atoms with Gasteiger partial charge in [0.2, 0.25) is 0 Å². The summed E-state index contributed by atoms with van der Waals surface area (Å²) < 4.78 is 27.4. The Hall–Kier alpha value is -3.65. The number of hydrogen-bond acceptors (Lipinski definition) is 7. The minimum Gasteiger partial charge on any atom is -0.497 e. The maximum atomic E-state index is 12.0. The van der Waals surface area contributed by atoms with Gasteiger partial charge in [-0.15, -0.1) is 0 Å². The third-order valence-corrected chi connectivity index (χ3v) is 7.16. The lowest BCUT2D eigenvalue weighted by Gasteiger charge is -2.19. The fraction of sp³-hybridized carbons (Fsp3) is 0.355. The number of carbonyl (C=O) groups excluding carboxylic acids is 2. The molecule has 0 amide bonds. The van der Waals surface area contributed by atoms with E-state index in [1.165, 1.54) is 0 Å². The van der Waals surface area contributed by atoms with Crippen molar-refractivity contribution < 1.29 is 33.3 Å². The summed E-state index contributed by atoms with van der Waals surface area (Å²) in [5.41, 5.74) is -1.13.